The summed E-state index contributed by atoms with van der Waals surface area (Å²) in [5.74, 6) is -0.714. The second kappa shape index (κ2) is 23.5. The fourth-order valence-corrected chi connectivity index (χ4v) is 3.81. The molecule has 0 fully saturated rings. The Morgan fingerprint density at radius 1 is 0.562 bits per heavy atom. The van der Waals surface area contributed by atoms with Gasteiger partial charge in [-0.05, 0) is 26.2 Å². The Kier molecular flexibility index (Phi) is 23.0. The molecule has 0 amide bonds. The van der Waals surface area contributed by atoms with Gasteiger partial charge in [0.1, 0.15) is 0 Å². The first kappa shape index (κ1) is 31.4. The van der Waals surface area contributed by atoms with Crippen molar-refractivity contribution in [1.82, 2.24) is 0 Å². The maximum atomic E-state index is 11.6. The molecule has 0 aromatic carbocycles. The van der Waals surface area contributed by atoms with Crippen LogP contribution in [-0.4, -0.2) is 50.7 Å². The number of carboxylic acid groups (broad SMARTS) is 1. The molecule has 1 N–H and O–H groups in total. The zero-order chi connectivity index (χ0) is 23.8. The lowest BCUT2D eigenvalue weighted by Gasteiger charge is -2.24. The summed E-state index contributed by atoms with van der Waals surface area (Å²) in [6.45, 7) is 9.81. The Balaban J connectivity index is 3.38. The lowest BCUT2D eigenvalue weighted by atomic mass is 9.82. The van der Waals surface area contributed by atoms with E-state index in [-0.39, 0.29) is 0 Å². The van der Waals surface area contributed by atoms with Gasteiger partial charge in [-0.2, -0.15) is 0 Å². The van der Waals surface area contributed by atoms with Crippen LogP contribution in [0.25, 0.3) is 0 Å². The summed E-state index contributed by atoms with van der Waals surface area (Å²) < 4.78 is 16.8. The molecule has 0 heterocycles. The zero-order valence-electron chi connectivity index (χ0n) is 21.6. The number of hydrogen-bond acceptors (Lipinski definition) is 4. The van der Waals surface area contributed by atoms with Crippen LogP contribution in [0, 0.1) is 5.41 Å². The standard InChI is InChI=1S/C27H54O5/c1-4-6-8-10-11-12-13-14-15-17-20-30-22-24-32-25-23-31-21-19-27(3,26(28)29)18-16-9-7-5-2/h4-25H2,1-3H3,(H,28,29). The van der Waals surface area contributed by atoms with Crippen molar-refractivity contribution >= 4 is 5.97 Å². The predicted molar refractivity (Wildman–Crippen MR) is 133 cm³/mol. The normalized spacial score (nSPS) is 13.3. The largest absolute Gasteiger partial charge is 0.481 e. The summed E-state index contributed by atoms with van der Waals surface area (Å²) in [5, 5.41) is 9.55. The Hall–Kier alpha value is -0.650. The lowest BCUT2D eigenvalue weighted by molar-refractivity contribution is -0.149. The van der Waals surface area contributed by atoms with Gasteiger partial charge in [-0.25, -0.2) is 0 Å². The molecule has 0 aliphatic rings. The van der Waals surface area contributed by atoms with E-state index in [0.717, 1.165) is 38.7 Å². The molecule has 0 saturated heterocycles. The van der Waals surface area contributed by atoms with Crippen molar-refractivity contribution in [1.29, 1.82) is 0 Å². The third-order valence-corrected chi connectivity index (χ3v) is 6.28. The number of carboxylic acids is 1. The SMILES string of the molecule is CCCCCCCCCCCCOCCOCCOCCC(C)(CCCCCC)C(=O)O. The quantitative estimate of drug-likeness (QED) is 0.137. The van der Waals surface area contributed by atoms with E-state index < -0.39 is 11.4 Å². The van der Waals surface area contributed by atoms with Crippen LogP contribution in [0.3, 0.4) is 0 Å². The van der Waals surface area contributed by atoms with Crippen LogP contribution in [0.15, 0.2) is 0 Å². The van der Waals surface area contributed by atoms with Gasteiger partial charge in [-0.15, -0.1) is 0 Å². The van der Waals surface area contributed by atoms with Crippen molar-refractivity contribution in [3.05, 3.63) is 0 Å². The first-order valence-electron chi connectivity index (χ1n) is 13.5. The molecular formula is C27H54O5. The van der Waals surface area contributed by atoms with Gasteiger partial charge in [0.25, 0.3) is 0 Å². The molecule has 0 saturated carbocycles. The van der Waals surface area contributed by atoms with Crippen molar-refractivity contribution in [2.24, 2.45) is 5.41 Å². The van der Waals surface area contributed by atoms with Gasteiger partial charge in [0.2, 0.25) is 0 Å². The van der Waals surface area contributed by atoms with Crippen molar-refractivity contribution in [3.63, 3.8) is 0 Å². The number of ether oxygens (including phenoxy) is 3. The van der Waals surface area contributed by atoms with Crippen LogP contribution in [0.1, 0.15) is 124 Å². The molecule has 5 nitrogen and oxygen atoms in total. The van der Waals surface area contributed by atoms with E-state index in [0.29, 0.717) is 39.5 Å². The summed E-state index contributed by atoms with van der Waals surface area (Å²) in [4.78, 5) is 11.6. The van der Waals surface area contributed by atoms with Gasteiger partial charge in [-0.3, -0.25) is 4.79 Å². The van der Waals surface area contributed by atoms with E-state index in [1.165, 1.54) is 64.2 Å². The summed E-state index contributed by atoms with van der Waals surface area (Å²) >= 11 is 0. The third-order valence-electron chi connectivity index (χ3n) is 6.28. The molecule has 0 aliphatic carbocycles. The minimum Gasteiger partial charge on any atom is -0.481 e. The first-order valence-corrected chi connectivity index (χ1v) is 13.5. The maximum Gasteiger partial charge on any atom is 0.309 e. The van der Waals surface area contributed by atoms with Gasteiger partial charge in [-0.1, -0.05) is 97.3 Å². The molecule has 0 aromatic rings. The second-order valence-corrected chi connectivity index (χ2v) is 9.45. The van der Waals surface area contributed by atoms with Crippen LogP contribution in [0.4, 0.5) is 0 Å². The Morgan fingerprint density at radius 2 is 0.969 bits per heavy atom. The van der Waals surface area contributed by atoms with Crippen LogP contribution in [0.2, 0.25) is 0 Å². The van der Waals surface area contributed by atoms with Crippen molar-refractivity contribution in [2.45, 2.75) is 124 Å². The van der Waals surface area contributed by atoms with Crippen molar-refractivity contribution in [3.8, 4) is 0 Å². The monoisotopic (exact) mass is 458 g/mol. The topological polar surface area (TPSA) is 65.0 Å². The van der Waals surface area contributed by atoms with Gasteiger partial charge >= 0.3 is 5.97 Å². The molecule has 0 rings (SSSR count). The Morgan fingerprint density at radius 3 is 1.47 bits per heavy atom. The smallest absolute Gasteiger partial charge is 0.309 e. The Bertz CT molecular complexity index is 402. The van der Waals surface area contributed by atoms with Crippen LogP contribution in [-0.2, 0) is 19.0 Å². The molecule has 1 atom stereocenters. The molecule has 0 aromatic heterocycles. The fraction of sp³-hybridized carbons (Fsp3) is 0.963. The van der Waals surface area contributed by atoms with E-state index in [1.807, 2.05) is 6.92 Å². The van der Waals surface area contributed by atoms with Crippen molar-refractivity contribution < 1.29 is 24.1 Å². The van der Waals surface area contributed by atoms with Crippen LogP contribution in [0.5, 0.6) is 0 Å². The fourth-order valence-electron chi connectivity index (χ4n) is 3.81. The predicted octanol–water partition coefficient (Wildman–Crippen LogP) is 7.41. The average Bonchev–Trinajstić information content (AvgIpc) is 2.78. The van der Waals surface area contributed by atoms with Crippen molar-refractivity contribution in [2.75, 3.05) is 39.6 Å². The summed E-state index contributed by atoms with van der Waals surface area (Å²) in [7, 11) is 0. The van der Waals surface area contributed by atoms with Crippen LogP contribution >= 0.6 is 0 Å². The number of unbranched alkanes of at least 4 members (excludes halogenated alkanes) is 12. The van der Waals surface area contributed by atoms with E-state index in [9.17, 15) is 9.90 Å². The highest BCUT2D eigenvalue weighted by Crippen LogP contribution is 2.29. The van der Waals surface area contributed by atoms with Gasteiger partial charge in [0, 0.05) is 13.2 Å². The second-order valence-electron chi connectivity index (χ2n) is 9.45. The molecule has 32 heavy (non-hydrogen) atoms. The van der Waals surface area contributed by atoms with E-state index in [1.54, 1.807) is 0 Å². The number of hydrogen-bond donors (Lipinski definition) is 1. The maximum absolute atomic E-state index is 11.6. The molecule has 1 unspecified atom stereocenters. The zero-order valence-corrected chi connectivity index (χ0v) is 21.6. The highest BCUT2D eigenvalue weighted by molar-refractivity contribution is 5.74. The summed E-state index contributed by atoms with van der Waals surface area (Å²) in [5.41, 5.74) is -0.683. The van der Waals surface area contributed by atoms with E-state index in [2.05, 4.69) is 13.8 Å². The average molecular weight is 459 g/mol. The summed E-state index contributed by atoms with van der Waals surface area (Å²) in [6, 6.07) is 0. The number of rotatable bonds is 26. The summed E-state index contributed by atoms with van der Waals surface area (Å²) in [6.07, 6.45) is 19.1. The lowest BCUT2D eigenvalue weighted by Crippen LogP contribution is -2.29. The van der Waals surface area contributed by atoms with Crippen LogP contribution < -0.4 is 0 Å². The molecule has 0 spiro atoms. The molecule has 5 heteroatoms. The third kappa shape index (κ3) is 20.0. The highest BCUT2D eigenvalue weighted by atomic mass is 16.5. The van der Waals surface area contributed by atoms with Gasteiger partial charge in [0.05, 0.1) is 31.8 Å². The first-order chi connectivity index (χ1) is 15.6. The molecular weight excluding hydrogens is 404 g/mol. The molecule has 0 bridgehead atoms. The number of carbonyl (C=O) groups is 1. The molecule has 192 valence electrons. The molecule has 0 aliphatic heterocycles. The Labute approximate surface area is 199 Å². The molecule has 0 radical (unpaired) electrons. The minimum absolute atomic E-state index is 0.467. The van der Waals surface area contributed by atoms with Gasteiger partial charge in [0.15, 0.2) is 0 Å². The minimum atomic E-state index is -0.714. The number of aliphatic carboxylic acids is 1. The van der Waals surface area contributed by atoms with Gasteiger partial charge < -0.3 is 19.3 Å². The highest BCUT2D eigenvalue weighted by Gasteiger charge is 2.32. The van der Waals surface area contributed by atoms with E-state index in [4.69, 9.17) is 14.2 Å². The van der Waals surface area contributed by atoms with E-state index >= 15 is 0 Å².